The van der Waals surface area contributed by atoms with Crippen LogP contribution in [0.3, 0.4) is 0 Å². The summed E-state index contributed by atoms with van der Waals surface area (Å²) in [6.07, 6.45) is 4.03. The summed E-state index contributed by atoms with van der Waals surface area (Å²) in [6.45, 7) is 2.79. The highest BCUT2D eigenvalue weighted by molar-refractivity contribution is 7.14. The van der Waals surface area contributed by atoms with Crippen molar-refractivity contribution < 1.29 is 0 Å². The molecule has 0 spiro atoms. The van der Waals surface area contributed by atoms with Crippen LogP contribution in [-0.4, -0.2) is 16.5 Å². The van der Waals surface area contributed by atoms with Crippen LogP contribution in [0.4, 0.5) is 0 Å². The lowest BCUT2D eigenvalue weighted by Crippen LogP contribution is -2.13. The molecule has 0 aromatic carbocycles. The minimum atomic E-state index is 0.322. The number of rotatable bonds is 5. The monoisotopic (exact) mass is 269 g/mol. The summed E-state index contributed by atoms with van der Waals surface area (Å²) < 4.78 is 0.792. The third-order valence-electron chi connectivity index (χ3n) is 2.78. The molecule has 1 atom stereocenters. The first-order chi connectivity index (χ1) is 8.24. The van der Waals surface area contributed by atoms with Crippen molar-refractivity contribution >= 4 is 22.9 Å². The van der Waals surface area contributed by atoms with Crippen LogP contribution in [0.25, 0.3) is 11.3 Å². The van der Waals surface area contributed by atoms with Crippen LogP contribution in [0, 0.1) is 0 Å². The van der Waals surface area contributed by atoms with Crippen LogP contribution in [0.2, 0.25) is 4.34 Å². The highest BCUT2D eigenvalue weighted by Gasteiger charge is 2.13. The fourth-order valence-corrected chi connectivity index (χ4v) is 2.74. The number of aromatic nitrogens is 2. The van der Waals surface area contributed by atoms with E-state index in [1.807, 2.05) is 17.6 Å². The molecule has 2 aromatic heterocycles. The Balaban J connectivity index is 2.20. The van der Waals surface area contributed by atoms with E-state index < -0.39 is 0 Å². The number of thiophene rings is 1. The van der Waals surface area contributed by atoms with Crippen molar-refractivity contribution in [2.24, 2.45) is 5.73 Å². The van der Waals surface area contributed by atoms with Gasteiger partial charge in [-0.05, 0) is 12.5 Å². The van der Waals surface area contributed by atoms with Crippen molar-refractivity contribution in [2.75, 3.05) is 6.54 Å². The van der Waals surface area contributed by atoms with E-state index in [1.165, 1.54) is 11.3 Å². The Bertz CT molecular complexity index is 478. The van der Waals surface area contributed by atoms with Gasteiger partial charge in [-0.3, -0.25) is 0 Å². The Morgan fingerprint density at radius 2 is 2.41 bits per heavy atom. The summed E-state index contributed by atoms with van der Waals surface area (Å²) >= 11 is 7.45. The van der Waals surface area contributed by atoms with E-state index in [1.54, 1.807) is 0 Å². The summed E-state index contributed by atoms with van der Waals surface area (Å²) in [6, 6.07) is 1.95. The molecule has 2 heterocycles. The van der Waals surface area contributed by atoms with Crippen LogP contribution >= 0.6 is 22.9 Å². The van der Waals surface area contributed by atoms with E-state index in [4.69, 9.17) is 17.3 Å². The number of nitrogens with two attached hydrogens (primary N) is 1. The zero-order valence-corrected chi connectivity index (χ0v) is 11.3. The zero-order valence-electron chi connectivity index (χ0n) is 9.74. The van der Waals surface area contributed by atoms with Gasteiger partial charge in [0.05, 0.1) is 16.2 Å². The second-order valence-electron chi connectivity index (χ2n) is 4.04. The molecule has 92 valence electrons. The SMILES string of the molecule is CCCC(CN)c1ncc(-c2csc(Cl)c2)[nH]1. The van der Waals surface area contributed by atoms with Gasteiger partial charge in [0.15, 0.2) is 0 Å². The number of nitrogens with one attached hydrogen (secondary N) is 1. The van der Waals surface area contributed by atoms with Crippen LogP contribution in [0.5, 0.6) is 0 Å². The van der Waals surface area contributed by atoms with Crippen molar-refractivity contribution in [1.82, 2.24) is 9.97 Å². The summed E-state index contributed by atoms with van der Waals surface area (Å²) in [5.74, 6) is 1.30. The lowest BCUT2D eigenvalue weighted by atomic mass is 10.0. The summed E-state index contributed by atoms with van der Waals surface area (Å²) in [7, 11) is 0. The Hall–Kier alpha value is -0.840. The molecule has 0 bridgehead atoms. The van der Waals surface area contributed by atoms with E-state index in [-0.39, 0.29) is 0 Å². The summed E-state index contributed by atoms with van der Waals surface area (Å²) in [5.41, 5.74) is 7.86. The normalized spacial score (nSPS) is 12.9. The first-order valence-corrected chi connectivity index (χ1v) is 6.99. The van der Waals surface area contributed by atoms with Gasteiger partial charge in [0.2, 0.25) is 0 Å². The number of halogens is 1. The van der Waals surface area contributed by atoms with Gasteiger partial charge >= 0.3 is 0 Å². The number of hydrogen-bond acceptors (Lipinski definition) is 3. The van der Waals surface area contributed by atoms with E-state index >= 15 is 0 Å². The van der Waals surface area contributed by atoms with Crippen molar-refractivity contribution in [2.45, 2.75) is 25.7 Å². The maximum Gasteiger partial charge on any atom is 0.110 e. The maximum absolute atomic E-state index is 5.92. The molecule has 5 heteroatoms. The van der Waals surface area contributed by atoms with Gasteiger partial charge in [0, 0.05) is 23.4 Å². The van der Waals surface area contributed by atoms with Crippen molar-refractivity contribution in [3.8, 4) is 11.3 Å². The molecule has 3 nitrogen and oxygen atoms in total. The fourth-order valence-electron chi connectivity index (χ4n) is 1.86. The Morgan fingerprint density at radius 1 is 1.59 bits per heavy atom. The molecule has 0 radical (unpaired) electrons. The largest absolute Gasteiger partial charge is 0.342 e. The van der Waals surface area contributed by atoms with Gasteiger partial charge in [-0.15, -0.1) is 11.3 Å². The maximum atomic E-state index is 5.92. The van der Waals surface area contributed by atoms with Gasteiger partial charge in [-0.1, -0.05) is 24.9 Å². The smallest absolute Gasteiger partial charge is 0.110 e. The average Bonchev–Trinajstić information content (AvgIpc) is 2.94. The molecule has 2 rings (SSSR count). The molecule has 0 aliphatic rings. The molecule has 1 unspecified atom stereocenters. The van der Waals surface area contributed by atoms with Gasteiger partial charge in [-0.2, -0.15) is 0 Å². The third-order valence-corrected chi connectivity index (χ3v) is 3.87. The van der Waals surface area contributed by atoms with E-state index in [0.717, 1.165) is 34.3 Å². The average molecular weight is 270 g/mol. The Kier molecular flexibility index (Phi) is 4.20. The molecule has 0 fully saturated rings. The third kappa shape index (κ3) is 2.89. The quantitative estimate of drug-likeness (QED) is 0.871. The number of nitrogens with zero attached hydrogens (tertiary/aromatic N) is 1. The van der Waals surface area contributed by atoms with E-state index in [9.17, 15) is 0 Å². The first kappa shape index (κ1) is 12.6. The Morgan fingerprint density at radius 3 is 3.00 bits per heavy atom. The minimum absolute atomic E-state index is 0.322. The second kappa shape index (κ2) is 5.67. The van der Waals surface area contributed by atoms with E-state index in [0.29, 0.717) is 12.5 Å². The predicted octanol–water partition coefficient (Wildman–Crippen LogP) is 3.63. The highest BCUT2D eigenvalue weighted by Crippen LogP contribution is 2.28. The van der Waals surface area contributed by atoms with Crippen LogP contribution in [0.1, 0.15) is 31.5 Å². The molecule has 0 amide bonds. The van der Waals surface area contributed by atoms with Crippen LogP contribution in [-0.2, 0) is 0 Å². The Labute approximate surface area is 110 Å². The van der Waals surface area contributed by atoms with Gasteiger partial charge in [-0.25, -0.2) is 4.98 Å². The van der Waals surface area contributed by atoms with Gasteiger partial charge in [0.1, 0.15) is 5.82 Å². The van der Waals surface area contributed by atoms with Crippen LogP contribution in [0.15, 0.2) is 17.6 Å². The number of aromatic amines is 1. The molecule has 0 saturated carbocycles. The molecule has 0 aliphatic carbocycles. The first-order valence-electron chi connectivity index (χ1n) is 5.74. The topological polar surface area (TPSA) is 54.7 Å². The molecule has 0 saturated heterocycles. The molecule has 3 N–H and O–H groups in total. The fraction of sp³-hybridized carbons (Fsp3) is 0.417. The van der Waals surface area contributed by atoms with Crippen molar-refractivity contribution in [1.29, 1.82) is 0 Å². The molecule has 17 heavy (non-hydrogen) atoms. The predicted molar refractivity (Wildman–Crippen MR) is 73.6 cm³/mol. The summed E-state index contributed by atoms with van der Waals surface area (Å²) in [5, 5.41) is 2.02. The zero-order chi connectivity index (χ0) is 12.3. The number of imidazole rings is 1. The minimum Gasteiger partial charge on any atom is -0.342 e. The van der Waals surface area contributed by atoms with Gasteiger partial charge in [0.25, 0.3) is 0 Å². The van der Waals surface area contributed by atoms with Crippen molar-refractivity contribution in [3.05, 3.63) is 27.8 Å². The standard InChI is InChI=1S/C12H16ClN3S/c1-2-3-8(5-14)12-15-6-10(16-12)9-4-11(13)17-7-9/h4,6-8H,2-3,5,14H2,1H3,(H,15,16). The summed E-state index contributed by atoms with van der Waals surface area (Å²) in [4.78, 5) is 7.75. The van der Waals surface area contributed by atoms with Gasteiger partial charge < -0.3 is 10.7 Å². The molecule has 2 aromatic rings. The number of hydrogen-bond donors (Lipinski definition) is 2. The van der Waals surface area contributed by atoms with E-state index in [2.05, 4.69) is 16.9 Å². The lowest BCUT2D eigenvalue weighted by Gasteiger charge is -2.09. The molecular weight excluding hydrogens is 254 g/mol. The van der Waals surface area contributed by atoms with Crippen molar-refractivity contribution in [3.63, 3.8) is 0 Å². The molecule has 0 aliphatic heterocycles. The second-order valence-corrected chi connectivity index (χ2v) is 5.59. The molecular formula is C12H16ClN3S. The highest BCUT2D eigenvalue weighted by atomic mass is 35.5. The van der Waals surface area contributed by atoms with Crippen LogP contribution < -0.4 is 5.73 Å². The number of H-pyrrole nitrogens is 1. The lowest BCUT2D eigenvalue weighted by molar-refractivity contribution is 0.595.